The summed E-state index contributed by atoms with van der Waals surface area (Å²) >= 11 is 6.28. The van der Waals surface area contributed by atoms with Crippen LogP contribution >= 0.6 is 11.6 Å². The van der Waals surface area contributed by atoms with Gasteiger partial charge in [0.15, 0.2) is 11.5 Å². The average molecular weight is 591 g/mol. The zero-order valence-corrected chi connectivity index (χ0v) is 24.6. The smallest absolute Gasteiger partial charge is 0.255 e. The molecule has 3 amide bonds. The van der Waals surface area contributed by atoms with E-state index in [2.05, 4.69) is 10.2 Å². The highest BCUT2D eigenvalue weighted by Crippen LogP contribution is 2.40. The average Bonchev–Trinajstić information content (AvgIpc) is 3.27. The maximum Gasteiger partial charge on any atom is 0.255 e. The Hall–Kier alpha value is -4.24. The molecule has 9 nitrogen and oxygen atoms in total. The van der Waals surface area contributed by atoms with Crippen LogP contribution in [-0.2, 0) is 16.0 Å². The SMILES string of the molecule is COc1ccc(CCNC(=O)CN2CN(c3ccccc3)C3(CCN(C(=O)c4ccccc4Cl)CC3)C2=O)cc1OC. The van der Waals surface area contributed by atoms with Crippen LogP contribution in [0.3, 0.4) is 0 Å². The standard InChI is InChI=1S/C32H35ClN4O5/c1-41-27-13-12-23(20-28(27)42-2)14-17-34-29(38)21-36-22-37(24-8-4-3-5-9-24)32(31(36)40)15-18-35(19-16-32)30(39)25-10-6-7-11-26(25)33/h3-13,20H,14-19,21-22H2,1-2H3,(H,34,38). The molecule has 3 aromatic rings. The molecule has 0 aromatic heterocycles. The van der Waals surface area contributed by atoms with Gasteiger partial charge in [0.1, 0.15) is 12.1 Å². The zero-order valence-electron chi connectivity index (χ0n) is 23.8. The van der Waals surface area contributed by atoms with E-state index in [1.54, 1.807) is 48.3 Å². The van der Waals surface area contributed by atoms with Gasteiger partial charge in [-0.2, -0.15) is 0 Å². The molecule has 1 spiro atoms. The lowest BCUT2D eigenvalue weighted by atomic mass is 9.85. The molecule has 0 bridgehead atoms. The fraction of sp³-hybridized carbons (Fsp3) is 0.344. The van der Waals surface area contributed by atoms with Crippen LogP contribution in [0.5, 0.6) is 11.5 Å². The lowest BCUT2D eigenvalue weighted by Crippen LogP contribution is -2.57. The highest BCUT2D eigenvalue weighted by Gasteiger charge is 2.54. The Morgan fingerprint density at radius 3 is 2.31 bits per heavy atom. The van der Waals surface area contributed by atoms with Gasteiger partial charge < -0.3 is 29.5 Å². The number of halogens is 1. The van der Waals surface area contributed by atoms with E-state index < -0.39 is 5.54 Å². The van der Waals surface area contributed by atoms with Crippen LogP contribution in [-0.4, -0.2) is 80.1 Å². The number of anilines is 1. The predicted molar refractivity (Wildman–Crippen MR) is 161 cm³/mol. The van der Waals surface area contributed by atoms with Gasteiger partial charge in [0.25, 0.3) is 11.8 Å². The predicted octanol–water partition coefficient (Wildman–Crippen LogP) is 4.00. The number of methoxy groups -OCH3 is 2. The number of likely N-dealkylation sites (tertiary alicyclic amines) is 1. The highest BCUT2D eigenvalue weighted by molar-refractivity contribution is 6.33. The molecule has 2 saturated heterocycles. The van der Waals surface area contributed by atoms with Crippen molar-refractivity contribution in [2.45, 2.75) is 24.8 Å². The number of carbonyl (C=O) groups is 3. The molecule has 0 atom stereocenters. The lowest BCUT2D eigenvalue weighted by Gasteiger charge is -2.43. The molecule has 2 heterocycles. The Balaban J connectivity index is 1.25. The van der Waals surface area contributed by atoms with Crippen LogP contribution in [0.25, 0.3) is 0 Å². The number of para-hydroxylation sites is 1. The first-order valence-electron chi connectivity index (χ1n) is 14.0. The fourth-order valence-corrected chi connectivity index (χ4v) is 6.04. The quantitative estimate of drug-likeness (QED) is 0.405. The third kappa shape index (κ3) is 5.87. The Kier molecular flexibility index (Phi) is 8.87. The van der Waals surface area contributed by atoms with Gasteiger partial charge in [-0.05, 0) is 61.2 Å². The van der Waals surface area contributed by atoms with Crippen LogP contribution < -0.4 is 19.7 Å². The molecule has 0 unspecified atom stereocenters. The minimum Gasteiger partial charge on any atom is -0.493 e. The normalized spacial score (nSPS) is 16.1. The van der Waals surface area contributed by atoms with Gasteiger partial charge in [-0.25, -0.2) is 0 Å². The van der Waals surface area contributed by atoms with Gasteiger partial charge in [-0.3, -0.25) is 14.4 Å². The van der Waals surface area contributed by atoms with Crippen molar-refractivity contribution in [3.05, 3.63) is 88.9 Å². The summed E-state index contributed by atoms with van der Waals surface area (Å²) in [6.45, 7) is 1.49. The van der Waals surface area contributed by atoms with Crippen LogP contribution in [0.1, 0.15) is 28.8 Å². The number of ether oxygens (including phenoxy) is 2. The second kappa shape index (κ2) is 12.7. The fourth-order valence-electron chi connectivity index (χ4n) is 5.82. The van der Waals surface area contributed by atoms with E-state index in [0.717, 1.165) is 11.3 Å². The molecule has 42 heavy (non-hydrogen) atoms. The number of hydrogen-bond acceptors (Lipinski definition) is 6. The van der Waals surface area contributed by atoms with Gasteiger partial charge in [-0.15, -0.1) is 0 Å². The third-order valence-corrected chi connectivity index (χ3v) is 8.41. The minimum absolute atomic E-state index is 0.0435. The van der Waals surface area contributed by atoms with Crippen LogP contribution in [0.4, 0.5) is 5.69 Å². The molecule has 220 valence electrons. The van der Waals surface area contributed by atoms with Crippen LogP contribution in [0.15, 0.2) is 72.8 Å². The van der Waals surface area contributed by atoms with Gasteiger partial charge in [0.05, 0.1) is 31.5 Å². The van der Waals surface area contributed by atoms with Crippen molar-refractivity contribution in [1.29, 1.82) is 0 Å². The molecule has 0 aliphatic carbocycles. The monoisotopic (exact) mass is 590 g/mol. The van der Waals surface area contributed by atoms with Crippen molar-refractivity contribution in [3.63, 3.8) is 0 Å². The number of carbonyl (C=O) groups excluding carboxylic acids is 3. The highest BCUT2D eigenvalue weighted by atomic mass is 35.5. The molecule has 2 fully saturated rings. The molecule has 0 saturated carbocycles. The van der Waals surface area contributed by atoms with Crippen molar-refractivity contribution in [3.8, 4) is 11.5 Å². The zero-order chi connectivity index (χ0) is 29.7. The molecule has 0 radical (unpaired) electrons. The van der Waals surface area contributed by atoms with Gasteiger partial charge >= 0.3 is 0 Å². The van der Waals surface area contributed by atoms with Gasteiger partial charge in [-0.1, -0.05) is 48.0 Å². The summed E-state index contributed by atoms with van der Waals surface area (Å²) in [6.07, 6.45) is 1.51. The second-order valence-electron chi connectivity index (χ2n) is 10.5. The molecular weight excluding hydrogens is 556 g/mol. The third-order valence-electron chi connectivity index (χ3n) is 8.08. The maximum absolute atomic E-state index is 14.0. The summed E-state index contributed by atoms with van der Waals surface area (Å²) in [4.78, 5) is 45.6. The van der Waals surface area contributed by atoms with E-state index >= 15 is 0 Å². The summed E-state index contributed by atoms with van der Waals surface area (Å²) in [5, 5.41) is 3.36. The first-order chi connectivity index (χ1) is 20.4. The maximum atomic E-state index is 14.0. The molecule has 5 rings (SSSR count). The number of rotatable bonds is 9. The second-order valence-corrected chi connectivity index (χ2v) is 10.9. The first kappa shape index (κ1) is 29.3. The Morgan fingerprint density at radius 1 is 0.929 bits per heavy atom. The van der Waals surface area contributed by atoms with Crippen molar-refractivity contribution in [1.82, 2.24) is 15.1 Å². The van der Waals surface area contributed by atoms with Crippen molar-refractivity contribution in [2.75, 3.05) is 52.0 Å². The molecule has 2 aliphatic heterocycles. The molecular formula is C32H35ClN4O5. The number of nitrogens with one attached hydrogen (secondary N) is 1. The lowest BCUT2D eigenvalue weighted by molar-refractivity contribution is -0.137. The van der Waals surface area contributed by atoms with Gasteiger partial charge in [0.2, 0.25) is 5.91 Å². The van der Waals surface area contributed by atoms with E-state index in [9.17, 15) is 14.4 Å². The Labute approximate surface area is 250 Å². The van der Waals surface area contributed by atoms with Crippen molar-refractivity contribution in [2.24, 2.45) is 0 Å². The Morgan fingerprint density at radius 2 is 1.62 bits per heavy atom. The number of amides is 3. The van der Waals surface area contributed by atoms with E-state index in [1.807, 2.05) is 48.5 Å². The van der Waals surface area contributed by atoms with E-state index in [-0.39, 0.29) is 24.3 Å². The number of hydrogen-bond donors (Lipinski definition) is 1. The summed E-state index contributed by atoms with van der Waals surface area (Å²) in [5.41, 5.74) is 1.53. The van der Waals surface area contributed by atoms with Crippen molar-refractivity contribution >= 4 is 35.0 Å². The van der Waals surface area contributed by atoms with E-state index in [0.29, 0.717) is 67.7 Å². The van der Waals surface area contributed by atoms with E-state index in [4.69, 9.17) is 21.1 Å². The number of nitrogens with zero attached hydrogens (tertiary/aromatic N) is 3. The molecule has 10 heteroatoms. The largest absolute Gasteiger partial charge is 0.493 e. The van der Waals surface area contributed by atoms with Crippen molar-refractivity contribution < 1.29 is 23.9 Å². The summed E-state index contributed by atoms with van der Waals surface area (Å²) in [5.74, 6) is 0.827. The molecule has 3 aromatic carbocycles. The van der Waals surface area contributed by atoms with Crippen LogP contribution in [0.2, 0.25) is 5.02 Å². The molecule has 1 N–H and O–H groups in total. The topological polar surface area (TPSA) is 91.4 Å². The summed E-state index contributed by atoms with van der Waals surface area (Å²) in [6, 6.07) is 22.4. The van der Waals surface area contributed by atoms with Gasteiger partial charge in [0, 0.05) is 25.3 Å². The minimum atomic E-state index is -0.835. The van der Waals surface area contributed by atoms with Crippen LogP contribution in [0, 0.1) is 0 Å². The number of benzene rings is 3. The summed E-state index contributed by atoms with van der Waals surface area (Å²) in [7, 11) is 3.17. The van der Waals surface area contributed by atoms with E-state index in [1.165, 1.54) is 0 Å². The number of piperidine rings is 1. The first-order valence-corrected chi connectivity index (χ1v) is 14.4. The molecule has 2 aliphatic rings. The Bertz CT molecular complexity index is 1440. The summed E-state index contributed by atoms with van der Waals surface area (Å²) < 4.78 is 10.7.